The predicted octanol–water partition coefficient (Wildman–Crippen LogP) is 3.39. The number of carbonyl (C=O) groups excluding carboxylic acids is 1. The number of cyclic esters (lactones) is 1. The molecule has 21 heavy (non-hydrogen) atoms. The first-order chi connectivity index (χ1) is 10.3. The van der Waals surface area contributed by atoms with Crippen molar-refractivity contribution in [3.63, 3.8) is 0 Å². The smallest absolute Gasteiger partial charge is 0.410 e. The van der Waals surface area contributed by atoms with Crippen molar-refractivity contribution < 1.29 is 14.3 Å². The molecule has 1 aliphatic heterocycles. The van der Waals surface area contributed by atoms with E-state index in [-0.39, 0.29) is 12.1 Å². The highest BCUT2D eigenvalue weighted by Gasteiger charge is 2.33. The number of nitrogens with zero attached hydrogens (tertiary/aromatic N) is 1. The first-order valence-corrected chi connectivity index (χ1v) is 6.89. The van der Waals surface area contributed by atoms with Crippen molar-refractivity contribution in [1.82, 2.24) is 4.90 Å². The second-order valence-corrected chi connectivity index (χ2v) is 4.98. The number of methoxy groups -OCH3 is 1. The predicted molar refractivity (Wildman–Crippen MR) is 79.1 cm³/mol. The topological polar surface area (TPSA) is 38.8 Å². The monoisotopic (exact) mass is 283 g/mol. The van der Waals surface area contributed by atoms with E-state index in [4.69, 9.17) is 9.47 Å². The summed E-state index contributed by atoms with van der Waals surface area (Å²) in [6.45, 7) is 0.932. The average Bonchev–Trinajstić information content (AvgIpc) is 2.90. The van der Waals surface area contributed by atoms with E-state index in [0.29, 0.717) is 13.2 Å². The molecule has 108 valence electrons. The third kappa shape index (κ3) is 2.84. The second-order valence-electron chi connectivity index (χ2n) is 4.98. The van der Waals surface area contributed by atoms with Gasteiger partial charge in [0.05, 0.1) is 13.2 Å². The number of ether oxygens (including phenoxy) is 2. The van der Waals surface area contributed by atoms with Crippen LogP contribution in [0.4, 0.5) is 4.79 Å². The summed E-state index contributed by atoms with van der Waals surface area (Å²) in [5.74, 6) is 0.808. The van der Waals surface area contributed by atoms with Gasteiger partial charge in [0.15, 0.2) is 0 Å². The molecule has 0 unspecified atom stereocenters. The number of rotatable bonds is 4. The van der Waals surface area contributed by atoms with Gasteiger partial charge in [-0.3, -0.25) is 4.90 Å². The van der Waals surface area contributed by atoms with E-state index in [0.717, 1.165) is 16.9 Å². The summed E-state index contributed by atoms with van der Waals surface area (Å²) in [4.78, 5) is 13.7. The van der Waals surface area contributed by atoms with E-state index in [2.05, 4.69) is 0 Å². The molecule has 1 fully saturated rings. The van der Waals surface area contributed by atoms with Crippen LogP contribution in [0.15, 0.2) is 54.6 Å². The minimum Gasteiger partial charge on any atom is -0.497 e. The summed E-state index contributed by atoms with van der Waals surface area (Å²) in [7, 11) is 1.64. The van der Waals surface area contributed by atoms with Crippen LogP contribution >= 0.6 is 0 Å². The molecular weight excluding hydrogens is 266 g/mol. The molecule has 1 heterocycles. The fourth-order valence-corrected chi connectivity index (χ4v) is 2.50. The SMILES string of the molecule is COc1ccc(CN2C(=O)OC[C@H]2c2ccccc2)cc1. The van der Waals surface area contributed by atoms with Gasteiger partial charge in [0.25, 0.3) is 0 Å². The third-order valence-corrected chi connectivity index (χ3v) is 3.67. The molecule has 4 heteroatoms. The van der Waals surface area contributed by atoms with E-state index >= 15 is 0 Å². The Morgan fingerprint density at radius 2 is 1.86 bits per heavy atom. The van der Waals surface area contributed by atoms with Crippen molar-refractivity contribution >= 4 is 6.09 Å². The van der Waals surface area contributed by atoms with Crippen LogP contribution in [0.2, 0.25) is 0 Å². The van der Waals surface area contributed by atoms with Gasteiger partial charge in [-0.1, -0.05) is 42.5 Å². The number of amides is 1. The molecule has 1 saturated heterocycles. The molecular formula is C17H17NO3. The lowest BCUT2D eigenvalue weighted by atomic mass is 10.1. The lowest BCUT2D eigenvalue weighted by Gasteiger charge is -2.21. The minimum absolute atomic E-state index is 0.0270. The molecule has 1 amide bonds. The van der Waals surface area contributed by atoms with Crippen LogP contribution in [0.5, 0.6) is 5.75 Å². The van der Waals surface area contributed by atoms with Crippen molar-refractivity contribution in [2.24, 2.45) is 0 Å². The van der Waals surface area contributed by atoms with Crippen molar-refractivity contribution in [2.45, 2.75) is 12.6 Å². The number of carbonyl (C=O) groups is 1. The highest BCUT2D eigenvalue weighted by Crippen LogP contribution is 2.29. The summed E-state index contributed by atoms with van der Waals surface area (Å²) in [6, 6.07) is 17.7. The van der Waals surface area contributed by atoms with E-state index in [9.17, 15) is 4.79 Å². The summed E-state index contributed by atoms with van der Waals surface area (Å²) in [5.41, 5.74) is 2.15. The zero-order valence-corrected chi connectivity index (χ0v) is 11.9. The Kier molecular flexibility index (Phi) is 3.77. The molecule has 0 bridgehead atoms. The molecule has 1 atom stereocenters. The van der Waals surface area contributed by atoms with Crippen LogP contribution in [-0.2, 0) is 11.3 Å². The summed E-state index contributed by atoms with van der Waals surface area (Å²) in [5, 5.41) is 0. The lowest BCUT2D eigenvalue weighted by molar-refractivity contribution is 0.156. The second kappa shape index (κ2) is 5.87. The zero-order valence-electron chi connectivity index (χ0n) is 11.9. The van der Waals surface area contributed by atoms with Gasteiger partial charge in [0.1, 0.15) is 12.4 Å². The van der Waals surface area contributed by atoms with Gasteiger partial charge in [0.2, 0.25) is 0 Å². The molecule has 2 aromatic rings. The summed E-state index contributed by atoms with van der Waals surface area (Å²) in [6.07, 6.45) is -0.264. The quantitative estimate of drug-likeness (QED) is 0.863. The fraction of sp³-hybridized carbons (Fsp3) is 0.235. The van der Waals surface area contributed by atoms with Gasteiger partial charge in [0, 0.05) is 6.54 Å². The Balaban J connectivity index is 1.79. The van der Waals surface area contributed by atoms with Crippen LogP contribution in [0.25, 0.3) is 0 Å². The largest absolute Gasteiger partial charge is 0.497 e. The average molecular weight is 283 g/mol. The number of hydrogen-bond acceptors (Lipinski definition) is 3. The van der Waals surface area contributed by atoms with Gasteiger partial charge in [-0.25, -0.2) is 4.79 Å². The van der Waals surface area contributed by atoms with Crippen LogP contribution in [0, 0.1) is 0 Å². The Hall–Kier alpha value is -2.49. The minimum atomic E-state index is -0.264. The lowest BCUT2D eigenvalue weighted by Crippen LogP contribution is -2.27. The molecule has 0 N–H and O–H groups in total. The molecule has 4 nitrogen and oxygen atoms in total. The van der Waals surface area contributed by atoms with E-state index < -0.39 is 0 Å². The maximum atomic E-state index is 12.0. The number of benzene rings is 2. The van der Waals surface area contributed by atoms with Crippen molar-refractivity contribution in [1.29, 1.82) is 0 Å². The van der Waals surface area contributed by atoms with Gasteiger partial charge in [-0.05, 0) is 23.3 Å². The van der Waals surface area contributed by atoms with Gasteiger partial charge in [-0.2, -0.15) is 0 Å². The molecule has 0 spiro atoms. The molecule has 2 aromatic carbocycles. The molecule has 3 rings (SSSR count). The standard InChI is InChI=1S/C17H17NO3/c1-20-15-9-7-13(8-10-15)11-18-16(12-21-17(18)19)14-5-3-2-4-6-14/h2-10,16H,11-12H2,1H3/t16-/m0/s1. The van der Waals surface area contributed by atoms with Crippen LogP contribution < -0.4 is 4.74 Å². The molecule has 0 aromatic heterocycles. The van der Waals surface area contributed by atoms with Crippen molar-refractivity contribution in [2.75, 3.05) is 13.7 Å². The third-order valence-electron chi connectivity index (χ3n) is 3.67. The summed E-state index contributed by atoms with van der Waals surface area (Å²) < 4.78 is 10.4. The van der Waals surface area contributed by atoms with Gasteiger partial charge >= 0.3 is 6.09 Å². The van der Waals surface area contributed by atoms with E-state index in [1.165, 1.54) is 0 Å². The molecule has 0 aliphatic carbocycles. The fourth-order valence-electron chi connectivity index (χ4n) is 2.50. The first-order valence-electron chi connectivity index (χ1n) is 6.89. The number of hydrogen-bond donors (Lipinski definition) is 0. The Labute approximate surface area is 123 Å². The Bertz CT molecular complexity index is 610. The maximum absolute atomic E-state index is 12.0. The van der Waals surface area contributed by atoms with Crippen LogP contribution in [-0.4, -0.2) is 24.7 Å². The maximum Gasteiger partial charge on any atom is 0.410 e. The van der Waals surface area contributed by atoms with Gasteiger partial charge in [-0.15, -0.1) is 0 Å². The zero-order chi connectivity index (χ0) is 14.7. The molecule has 0 saturated carbocycles. The van der Waals surface area contributed by atoms with E-state index in [1.54, 1.807) is 12.0 Å². The first kappa shape index (κ1) is 13.5. The van der Waals surface area contributed by atoms with Crippen LogP contribution in [0.3, 0.4) is 0 Å². The van der Waals surface area contributed by atoms with E-state index in [1.807, 2.05) is 54.6 Å². The van der Waals surface area contributed by atoms with Crippen molar-refractivity contribution in [3.05, 3.63) is 65.7 Å². The molecule has 1 aliphatic rings. The highest BCUT2D eigenvalue weighted by molar-refractivity contribution is 5.70. The van der Waals surface area contributed by atoms with Crippen molar-refractivity contribution in [3.8, 4) is 5.75 Å². The highest BCUT2D eigenvalue weighted by atomic mass is 16.6. The Morgan fingerprint density at radius 3 is 2.52 bits per heavy atom. The Morgan fingerprint density at radius 1 is 1.14 bits per heavy atom. The molecule has 0 radical (unpaired) electrons. The normalized spacial score (nSPS) is 17.7. The summed E-state index contributed by atoms with van der Waals surface area (Å²) >= 11 is 0. The van der Waals surface area contributed by atoms with Crippen LogP contribution in [0.1, 0.15) is 17.2 Å². The van der Waals surface area contributed by atoms with Gasteiger partial charge < -0.3 is 9.47 Å².